The van der Waals surface area contributed by atoms with Crippen LogP contribution < -0.4 is 0 Å². The molecule has 0 spiro atoms. The number of nitrogens with zero attached hydrogens (tertiary/aromatic N) is 4. The molecule has 0 radical (unpaired) electrons. The molecule has 0 bridgehead atoms. The van der Waals surface area contributed by atoms with Crippen molar-refractivity contribution in [2.24, 2.45) is 0 Å². The van der Waals surface area contributed by atoms with Gasteiger partial charge in [-0.05, 0) is 12.8 Å². The molecule has 0 aliphatic rings. The highest BCUT2D eigenvalue weighted by Gasteiger charge is 2.14. The molecule has 0 fully saturated rings. The van der Waals surface area contributed by atoms with Gasteiger partial charge < -0.3 is 4.42 Å². The van der Waals surface area contributed by atoms with Crippen LogP contribution in [-0.2, 0) is 12.8 Å². The van der Waals surface area contributed by atoms with Crippen LogP contribution in [0.3, 0.4) is 0 Å². The molecule has 1 unspecified atom stereocenters. The van der Waals surface area contributed by atoms with Crippen molar-refractivity contribution in [1.82, 2.24) is 20.4 Å². The van der Waals surface area contributed by atoms with Crippen LogP contribution in [0, 0.1) is 0 Å². The fraction of sp³-hybridized carbons (Fsp3) is 0.692. The normalized spacial score (nSPS) is 13.1. The highest BCUT2D eigenvalue weighted by atomic mass is 32.1. The molecule has 2 rings (SSSR count). The van der Waals surface area contributed by atoms with E-state index in [4.69, 9.17) is 4.42 Å². The Hall–Kier alpha value is -1.30. The maximum atomic E-state index is 5.60. The molecule has 2 aromatic rings. The smallest absolute Gasteiger partial charge is 0.219 e. The number of hydrogen-bond donors (Lipinski definition) is 0. The molecule has 1 atom stereocenters. The fourth-order valence-electron chi connectivity index (χ4n) is 1.67. The van der Waals surface area contributed by atoms with Crippen molar-refractivity contribution in [3.05, 3.63) is 21.8 Å². The Kier molecular flexibility index (Phi) is 4.63. The summed E-state index contributed by atoms with van der Waals surface area (Å²) in [4.78, 5) is 0. The van der Waals surface area contributed by atoms with Gasteiger partial charge in [0.2, 0.25) is 11.8 Å². The Morgan fingerprint density at radius 2 is 1.89 bits per heavy atom. The van der Waals surface area contributed by atoms with Crippen LogP contribution in [0.15, 0.2) is 4.42 Å². The van der Waals surface area contributed by atoms with Gasteiger partial charge in [0.15, 0.2) is 0 Å². The standard InChI is InChI=1S/C13H20N4OS/c1-5-11-15-17-13(19-11)9(4)6-7-10-14-16-12(18-10)8(2)3/h8-9H,5-7H2,1-4H3. The molecule has 0 saturated heterocycles. The van der Waals surface area contributed by atoms with Gasteiger partial charge in [0.25, 0.3) is 0 Å². The average molecular weight is 280 g/mol. The molecule has 104 valence electrons. The van der Waals surface area contributed by atoms with Crippen molar-refractivity contribution in [3.63, 3.8) is 0 Å². The lowest BCUT2D eigenvalue weighted by Gasteiger charge is -2.04. The summed E-state index contributed by atoms with van der Waals surface area (Å²) < 4.78 is 5.60. The molecular weight excluding hydrogens is 260 g/mol. The number of aryl methyl sites for hydroxylation is 2. The molecule has 19 heavy (non-hydrogen) atoms. The second-order valence-electron chi connectivity index (χ2n) is 5.02. The van der Waals surface area contributed by atoms with Gasteiger partial charge in [-0.25, -0.2) is 0 Å². The first-order valence-corrected chi connectivity index (χ1v) is 7.56. The number of aromatic nitrogens is 4. The Labute approximate surface area is 117 Å². The van der Waals surface area contributed by atoms with Crippen molar-refractivity contribution < 1.29 is 4.42 Å². The lowest BCUT2D eigenvalue weighted by Crippen LogP contribution is -1.96. The quantitative estimate of drug-likeness (QED) is 0.812. The summed E-state index contributed by atoms with van der Waals surface area (Å²) in [5, 5.41) is 18.7. The van der Waals surface area contributed by atoms with Crippen LogP contribution in [0.1, 0.15) is 67.7 Å². The number of rotatable bonds is 6. The van der Waals surface area contributed by atoms with Crippen LogP contribution in [0.25, 0.3) is 0 Å². The SMILES string of the molecule is CCc1nnc(C(C)CCc2nnc(C(C)C)o2)s1. The van der Waals surface area contributed by atoms with Crippen LogP contribution in [0.5, 0.6) is 0 Å². The topological polar surface area (TPSA) is 64.7 Å². The highest BCUT2D eigenvalue weighted by Crippen LogP contribution is 2.24. The molecule has 0 saturated carbocycles. The predicted molar refractivity (Wildman–Crippen MR) is 74.4 cm³/mol. The van der Waals surface area contributed by atoms with Gasteiger partial charge in [-0.1, -0.05) is 27.7 Å². The van der Waals surface area contributed by atoms with Gasteiger partial charge >= 0.3 is 0 Å². The van der Waals surface area contributed by atoms with Crippen LogP contribution in [0.2, 0.25) is 0 Å². The monoisotopic (exact) mass is 280 g/mol. The molecule has 5 nitrogen and oxygen atoms in total. The van der Waals surface area contributed by atoms with Crippen molar-refractivity contribution in [1.29, 1.82) is 0 Å². The van der Waals surface area contributed by atoms with E-state index in [9.17, 15) is 0 Å². The van der Waals surface area contributed by atoms with Gasteiger partial charge in [0.1, 0.15) is 10.0 Å². The van der Waals surface area contributed by atoms with Crippen LogP contribution in [-0.4, -0.2) is 20.4 Å². The van der Waals surface area contributed by atoms with Crippen molar-refractivity contribution in [2.75, 3.05) is 0 Å². The van der Waals surface area contributed by atoms with E-state index >= 15 is 0 Å². The van der Waals surface area contributed by atoms with Gasteiger partial charge in [-0.15, -0.1) is 31.7 Å². The highest BCUT2D eigenvalue weighted by molar-refractivity contribution is 7.11. The third-order valence-corrected chi connectivity index (χ3v) is 4.27. The second-order valence-corrected chi connectivity index (χ2v) is 6.11. The summed E-state index contributed by atoms with van der Waals surface area (Å²) in [5.74, 6) is 2.10. The molecule has 0 aliphatic carbocycles. The Morgan fingerprint density at radius 3 is 2.47 bits per heavy atom. The lowest BCUT2D eigenvalue weighted by atomic mass is 10.1. The summed E-state index contributed by atoms with van der Waals surface area (Å²) in [5.41, 5.74) is 0. The van der Waals surface area contributed by atoms with E-state index < -0.39 is 0 Å². The van der Waals surface area contributed by atoms with E-state index in [0.717, 1.165) is 35.2 Å². The van der Waals surface area contributed by atoms with E-state index in [0.29, 0.717) is 11.8 Å². The summed E-state index contributed by atoms with van der Waals surface area (Å²) in [6.07, 6.45) is 2.70. The van der Waals surface area contributed by atoms with Crippen molar-refractivity contribution in [3.8, 4) is 0 Å². The molecule has 2 aromatic heterocycles. The lowest BCUT2D eigenvalue weighted by molar-refractivity contribution is 0.423. The van der Waals surface area contributed by atoms with Crippen LogP contribution in [0.4, 0.5) is 0 Å². The van der Waals surface area contributed by atoms with Gasteiger partial charge in [-0.3, -0.25) is 0 Å². The zero-order valence-corrected chi connectivity index (χ0v) is 12.7. The Morgan fingerprint density at radius 1 is 1.11 bits per heavy atom. The van der Waals surface area contributed by atoms with Crippen molar-refractivity contribution in [2.45, 2.75) is 58.8 Å². The first kappa shape index (κ1) is 14.1. The molecule has 0 aliphatic heterocycles. The molecule has 2 heterocycles. The molecule has 0 amide bonds. The van der Waals surface area contributed by atoms with E-state index in [-0.39, 0.29) is 5.92 Å². The third-order valence-electron chi connectivity index (χ3n) is 2.97. The minimum Gasteiger partial charge on any atom is -0.425 e. The van der Waals surface area contributed by atoms with E-state index in [1.165, 1.54) is 0 Å². The third kappa shape index (κ3) is 3.59. The van der Waals surface area contributed by atoms with E-state index in [1.54, 1.807) is 11.3 Å². The van der Waals surface area contributed by atoms with Crippen molar-refractivity contribution >= 4 is 11.3 Å². The number of hydrogen-bond acceptors (Lipinski definition) is 6. The predicted octanol–water partition coefficient (Wildman–Crippen LogP) is 3.34. The summed E-state index contributed by atoms with van der Waals surface area (Å²) in [6.45, 7) is 8.36. The molecule has 0 aromatic carbocycles. The summed E-state index contributed by atoms with van der Waals surface area (Å²) >= 11 is 1.70. The fourth-order valence-corrected chi connectivity index (χ4v) is 2.54. The Bertz CT molecular complexity index is 520. The second kappa shape index (κ2) is 6.23. The van der Waals surface area contributed by atoms with Crippen LogP contribution >= 0.6 is 11.3 Å². The van der Waals surface area contributed by atoms with E-state index in [2.05, 4.69) is 34.2 Å². The van der Waals surface area contributed by atoms with Gasteiger partial charge in [0.05, 0.1) is 0 Å². The first-order chi connectivity index (χ1) is 9.10. The van der Waals surface area contributed by atoms with E-state index in [1.807, 2.05) is 13.8 Å². The summed E-state index contributed by atoms with van der Waals surface area (Å²) in [6, 6.07) is 0. The van der Waals surface area contributed by atoms with Gasteiger partial charge in [-0.2, -0.15) is 0 Å². The minimum atomic E-state index is 0.286. The summed E-state index contributed by atoms with van der Waals surface area (Å²) in [7, 11) is 0. The average Bonchev–Trinajstić information content (AvgIpc) is 3.04. The molecule has 6 heteroatoms. The zero-order valence-electron chi connectivity index (χ0n) is 11.9. The maximum absolute atomic E-state index is 5.60. The van der Waals surface area contributed by atoms with Gasteiger partial charge in [0, 0.05) is 18.3 Å². The molecule has 0 N–H and O–H groups in total. The first-order valence-electron chi connectivity index (χ1n) is 6.74. The maximum Gasteiger partial charge on any atom is 0.219 e. The molecular formula is C13H20N4OS. The zero-order chi connectivity index (χ0) is 13.8. The largest absolute Gasteiger partial charge is 0.425 e. The minimum absolute atomic E-state index is 0.286. The Balaban J connectivity index is 1.90.